The van der Waals surface area contributed by atoms with E-state index >= 15 is 0 Å². The van der Waals surface area contributed by atoms with E-state index in [1.54, 1.807) is 13.2 Å². The summed E-state index contributed by atoms with van der Waals surface area (Å²) in [5.41, 5.74) is 2.44. The van der Waals surface area contributed by atoms with Gasteiger partial charge in [-0.2, -0.15) is 0 Å². The third kappa shape index (κ3) is 3.17. The molecule has 2 bridgehead atoms. The first-order valence-corrected chi connectivity index (χ1v) is 9.60. The van der Waals surface area contributed by atoms with Crippen LogP contribution in [0.4, 0.5) is 0 Å². The highest BCUT2D eigenvalue weighted by Gasteiger charge is 2.34. The number of nitrogens with zero attached hydrogens (tertiary/aromatic N) is 2. The molecule has 3 heterocycles. The van der Waals surface area contributed by atoms with Crippen LogP contribution >= 0.6 is 22.6 Å². The second kappa shape index (κ2) is 6.64. The van der Waals surface area contributed by atoms with Gasteiger partial charge in [-0.3, -0.25) is 9.69 Å². The van der Waals surface area contributed by atoms with Crippen molar-refractivity contribution in [2.45, 2.75) is 25.4 Å². The summed E-state index contributed by atoms with van der Waals surface area (Å²) in [4.78, 5) is 14.6. The highest BCUT2D eigenvalue weighted by Crippen LogP contribution is 2.37. The summed E-state index contributed by atoms with van der Waals surface area (Å²) in [6, 6.07) is 9.56. The van der Waals surface area contributed by atoms with Crippen molar-refractivity contribution >= 4 is 22.6 Å². The Kier molecular flexibility index (Phi) is 4.49. The molecule has 1 N–H and O–H groups in total. The minimum Gasteiger partial charge on any atom is -0.504 e. The number of piperidine rings is 1. The maximum Gasteiger partial charge on any atom is 0.250 e. The lowest BCUT2D eigenvalue weighted by Gasteiger charge is -2.42. The SMILES string of the molecule is COc1cc(CN2C[C@H]3C[C@@H](C2)c2cccc(=O)n2C3)cc(I)c1O. The van der Waals surface area contributed by atoms with Crippen LogP contribution in [0.1, 0.15) is 23.6 Å². The van der Waals surface area contributed by atoms with E-state index in [4.69, 9.17) is 4.74 Å². The molecule has 0 aliphatic carbocycles. The van der Waals surface area contributed by atoms with Gasteiger partial charge in [-0.1, -0.05) is 6.07 Å². The van der Waals surface area contributed by atoms with E-state index in [0.717, 1.165) is 41.7 Å². The Hall–Kier alpha value is -1.54. The molecule has 0 spiro atoms. The van der Waals surface area contributed by atoms with Crippen LogP contribution in [0.15, 0.2) is 35.1 Å². The van der Waals surface area contributed by atoms with Crippen LogP contribution in [0.3, 0.4) is 0 Å². The Morgan fingerprint density at radius 2 is 2.12 bits per heavy atom. The molecule has 2 atom stereocenters. The number of hydrogen-bond donors (Lipinski definition) is 1. The van der Waals surface area contributed by atoms with Gasteiger partial charge in [0.05, 0.1) is 10.7 Å². The third-order valence-electron chi connectivity index (χ3n) is 5.27. The molecule has 0 unspecified atom stereocenters. The number of methoxy groups -OCH3 is 1. The molecule has 2 aliphatic rings. The summed E-state index contributed by atoms with van der Waals surface area (Å²) in [5.74, 6) is 1.66. The van der Waals surface area contributed by atoms with Crippen LogP contribution in [0, 0.1) is 9.49 Å². The lowest BCUT2D eigenvalue weighted by Crippen LogP contribution is -2.46. The maximum atomic E-state index is 12.1. The predicted molar refractivity (Wildman–Crippen MR) is 104 cm³/mol. The first-order chi connectivity index (χ1) is 12.0. The topological polar surface area (TPSA) is 54.7 Å². The zero-order chi connectivity index (χ0) is 17.6. The van der Waals surface area contributed by atoms with Gasteiger partial charge in [0.1, 0.15) is 0 Å². The number of phenols is 1. The number of halogens is 1. The fraction of sp³-hybridized carbons (Fsp3) is 0.421. The van der Waals surface area contributed by atoms with Gasteiger partial charge < -0.3 is 14.4 Å². The molecule has 1 saturated heterocycles. The second-order valence-electron chi connectivity index (χ2n) is 7.02. The van der Waals surface area contributed by atoms with Crippen LogP contribution in [0.2, 0.25) is 0 Å². The van der Waals surface area contributed by atoms with Crippen LogP contribution in [-0.4, -0.2) is 34.8 Å². The lowest BCUT2D eigenvalue weighted by atomic mass is 9.83. The Balaban J connectivity index is 1.57. The molecule has 2 aromatic rings. The smallest absolute Gasteiger partial charge is 0.250 e. The van der Waals surface area contributed by atoms with Crippen LogP contribution < -0.4 is 10.3 Å². The first-order valence-electron chi connectivity index (χ1n) is 8.52. The number of phenolic OH excluding ortho intramolecular Hbond substituents is 1. The third-order valence-corrected chi connectivity index (χ3v) is 6.09. The number of aromatic nitrogens is 1. The molecule has 0 radical (unpaired) electrons. The zero-order valence-electron chi connectivity index (χ0n) is 14.1. The fourth-order valence-corrected chi connectivity index (χ4v) is 4.92. The van der Waals surface area contributed by atoms with Crippen molar-refractivity contribution in [2.24, 2.45) is 5.92 Å². The molecule has 25 heavy (non-hydrogen) atoms. The van der Waals surface area contributed by atoms with Gasteiger partial charge in [-0.05, 0) is 58.7 Å². The highest BCUT2D eigenvalue weighted by atomic mass is 127. The van der Waals surface area contributed by atoms with Gasteiger partial charge in [0.25, 0.3) is 5.56 Å². The number of aromatic hydroxyl groups is 1. The highest BCUT2D eigenvalue weighted by molar-refractivity contribution is 14.1. The van der Waals surface area contributed by atoms with Crippen molar-refractivity contribution in [2.75, 3.05) is 20.2 Å². The van der Waals surface area contributed by atoms with E-state index in [1.165, 1.54) is 5.69 Å². The molecule has 1 aromatic heterocycles. The molecule has 6 heteroatoms. The van der Waals surface area contributed by atoms with Crippen molar-refractivity contribution in [1.29, 1.82) is 0 Å². The summed E-state index contributed by atoms with van der Waals surface area (Å²) in [6.45, 7) is 3.60. The summed E-state index contributed by atoms with van der Waals surface area (Å²) < 4.78 is 8.05. The molecule has 0 amide bonds. The summed E-state index contributed by atoms with van der Waals surface area (Å²) in [6.07, 6.45) is 1.16. The largest absolute Gasteiger partial charge is 0.504 e. The van der Waals surface area contributed by atoms with E-state index in [1.807, 2.05) is 22.8 Å². The van der Waals surface area contributed by atoms with E-state index in [-0.39, 0.29) is 11.3 Å². The molecule has 1 aromatic carbocycles. The molecule has 0 saturated carbocycles. The Bertz CT molecular complexity index is 864. The van der Waals surface area contributed by atoms with Gasteiger partial charge in [-0.25, -0.2) is 0 Å². The summed E-state index contributed by atoms with van der Waals surface area (Å²) in [5, 5.41) is 10.0. The van der Waals surface area contributed by atoms with Gasteiger partial charge in [0.15, 0.2) is 11.5 Å². The van der Waals surface area contributed by atoms with Crippen molar-refractivity contribution in [1.82, 2.24) is 9.47 Å². The van der Waals surface area contributed by atoms with Gasteiger partial charge in [0.2, 0.25) is 0 Å². The Morgan fingerprint density at radius 1 is 1.28 bits per heavy atom. The quantitative estimate of drug-likeness (QED) is 0.729. The monoisotopic (exact) mass is 452 g/mol. The Morgan fingerprint density at radius 3 is 2.92 bits per heavy atom. The van der Waals surface area contributed by atoms with Gasteiger partial charge in [0, 0.05) is 43.9 Å². The number of fused-ring (bicyclic) bond motifs is 4. The van der Waals surface area contributed by atoms with Gasteiger partial charge in [-0.15, -0.1) is 0 Å². The van der Waals surface area contributed by atoms with Crippen molar-refractivity contribution in [3.05, 3.63) is 55.5 Å². The van der Waals surface area contributed by atoms with Crippen molar-refractivity contribution in [3.63, 3.8) is 0 Å². The number of ether oxygens (including phenoxy) is 1. The fourth-order valence-electron chi connectivity index (χ4n) is 4.26. The number of likely N-dealkylation sites (tertiary alicyclic amines) is 1. The normalized spacial score (nSPS) is 22.5. The molecule has 5 nitrogen and oxygen atoms in total. The average Bonchev–Trinajstić information content (AvgIpc) is 2.59. The van der Waals surface area contributed by atoms with Gasteiger partial charge >= 0.3 is 0 Å². The number of pyridine rings is 1. The number of rotatable bonds is 3. The zero-order valence-corrected chi connectivity index (χ0v) is 16.3. The number of benzene rings is 1. The average molecular weight is 452 g/mol. The lowest BCUT2D eigenvalue weighted by molar-refractivity contribution is 0.114. The van der Waals surface area contributed by atoms with E-state index in [2.05, 4.69) is 33.6 Å². The summed E-state index contributed by atoms with van der Waals surface area (Å²) in [7, 11) is 1.58. The van der Waals surface area contributed by atoms with Crippen LogP contribution in [-0.2, 0) is 13.1 Å². The predicted octanol–water partition coefficient (Wildman–Crippen LogP) is 2.79. The second-order valence-corrected chi connectivity index (χ2v) is 8.18. The maximum absolute atomic E-state index is 12.1. The molecule has 132 valence electrons. The minimum absolute atomic E-state index is 0.124. The molecular formula is C19H21IN2O3. The first kappa shape index (κ1) is 16.9. The minimum atomic E-state index is 0.124. The summed E-state index contributed by atoms with van der Waals surface area (Å²) >= 11 is 2.14. The van der Waals surface area contributed by atoms with E-state index in [9.17, 15) is 9.90 Å². The van der Waals surface area contributed by atoms with Crippen LogP contribution in [0.25, 0.3) is 0 Å². The van der Waals surface area contributed by atoms with Crippen molar-refractivity contribution < 1.29 is 9.84 Å². The number of hydrogen-bond acceptors (Lipinski definition) is 4. The van der Waals surface area contributed by atoms with E-state index in [0.29, 0.717) is 17.6 Å². The Labute approximate surface area is 160 Å². The van der Waals surface area contributed by atoms with E-state index < -0.39 is 0 Å². The molecular weight excluding hydrogens is 431 g/mol. The van der Waals surface area contributed by atoms with Crippen LogP contribution in [0.5, 0.6) is 11.5 Å². The molecule has 1 fully saturated rings. The molecule has 2 aliphatic heterocycles. The van der Waals surface area contributed by atoms with Crippen molar-refractivity contribution in [3.8, 4) is 11.5 Å². The standard InChI is InChI=1S/C19H21IN2O3/c1-25-17-7-12(6-15(20)19(17)24)8-21-9-13-5-14(11-21)16-3-2-4-18(23)22(16)10-13/h2-4,6-7,13-14,24H,5,8-11H2,1H3/t13-,14+/m1/s1. The molecule has 4 rings (SSSR count).